The summed E-state index contributed by atoms with van der Waals surface area (Å²) in [6, 6.07) is 0. The molecule has 0 aromatic carbocycles. The Labute approximate surface area is 68.8 Å². The molecule has 0 aliphatic carbocycles. The van der Waals surface area contributed by atoms with Crippen molar-refractivity contribution in [2.45, 2.75) is 6.92 Å². The summed E-state index contributed by atoms with van der Waals surface area (Å²) in [4.78, 5) is 28.6. The van der Waals surface area contributed by atoms with Gasteiger partial charge in [0, 0.05) is 0 Å². The fourth-order valence-electron chi connectivity index (χ4n) is 0.241. The molecule has 70 valence electrons. The number of rotatable bonds is 2. The van der Waals surface area contributed by atoms with Crippen LogP contribution in [0.1, 0.15) is 6.92 Å². The molecule has 0 aliphatic rings. The molecule has 0 aromatic heterocycles. The summed E-state index contributed by atoms with van der Waals surface area (Å²) < 4.78 is 4.23. The fraction of sp³-hybridized carbons (Fsp3) is 0.500. The van der Waals surface area contributed by atoms with Gasteiger partial charge in [0.1, 0.15) is 12.2 Å². The molecule has 0 spiro atoms. The molecule has 0 aliphatic heterocycles. The molecule has 0 bridgehead atoms. The van der Waals surface area contributed by atoms with E-state index < -0.39 is 18.0 Å². The molecule has 0 aromatic rings. The standard InChI is InChI=1S/C5H8O3.CH2O3/c1-4(3-6)5(7)8-2;2-1(3)4/h3-4H,1-2H3;(H2,2,3,4). The third-order valence-corrected chi connectivity index (χ3v) is 0.777. The Bertz CT molecular complexity index is 159. The zero-order valence-corrected chi connectivity index (χ0v) is 6.68. The van der Waals surface area contributed by atoms with Crippen molar-refractivity contribution in [1.29, 1.82) is 0 Å². The van der Waals surface area contributed by atoms with Crippen LogP contribution >= 0.6 is 0 Å². The number of hydrogen-bond donors (Lipinski definition) is 2. The van der Waals surface area contributed by atoms with Crippen molar-refractivity contribution in [3.05, 3.63) is 0 Å². The number of carbonyl (C=O) groups is 3. The normalized spacial score (nSPS) is 10.2. The second kappa shape index (κ2) is 7.52. The van der Waals surface area contributed by atoms with Gasteiger partial charge in [0.15, 0.2) is 0 Å². The number of carboxylic acid groups (broad SMARTS) is 2. The van der Waals surface area contributed by atoms with Gasteiger partial charge in [-0.25, -0.2) is 4.79 Å². The van der Waals surface area contributed by atoms with Gasteiger partial charge in [-0.3, -0.25) is 4.79 Å². The van der Waals surface area contributed by atoms with E-state index in [0.29, 0.717) is 6.29 Å². The average molecular weight is 178 g/mol. The van der Waals surface area contributed by atoms with Crippen molar-refractivity contribution in [1.82, 2.24) is 0 Å². The molecular weight excluding hydrogens is 168 g/mol. The molecule has 0 radical (unpaired) electrons. The van der Waals surface area contributed by atoms with Gasteiger partial charge in [0.05, 0.1) is 7.11 Å². The maximum Gasteiger partial charge on any atom is 0.503 e. The maximum absolute atomic E-state index is 10.3. The first-order valence-corrected chi connectivity index (χ1v) is 2.90. The smallest absolute Gasteiger partial charge is 0.468 e. The molecule has 0 saturated heterocycles. The second-order valence-corrected chi connectivity index (χ2v) is 1.73. The lowest BCUT2D eigenvalue weighted by atomic mass is 10.2. The molecule has 1 unspecified atom stereocenters. The molecule has 1 atom stereocenters. The monoisotopic (exact) mass is 178 g/mol. The highest BCUT2D eigenvalue weighted by Gasteiger charge is 2.09. The van der Waals surface area contributed by atoms with Crippen LogP contribution in [0, 0.1) is 5.92 Å². The van der Waals surface area contributed by atoms with Crippen molar-refractivity contribution in [3.8, 4) is 0 Å². The highest BCUT2D eigenvalue weighted by atomic mass is 16.6. The molecule has 0 rings (SSSR count). The van der Waals surface area contributed by atoms with E-state index >= 15 is 0 Å². The lowest BCUT2D eigenvalue weighted by Crippen LogP contribution is -2.13. The summed E-state index contributed by atoms with van der Waals surface area (Å²) in [6.07, 6.45) is -1.29. The van der Waals surface area contributed by atoms with Crippen LogP contribution in [0.5, 0.6) is 0 Å². The number of aldehydes is 1. The number of carbonyl (C=O) groups excluding carboxylic acids is 2. The van der Waals surface area contributed by atoms with Gasteiger partial charge >= 0.3 is 12.1 Å². The summed E-state index contributed by atoms with van der Waals surface area (Å²) in [6.45, 7) is 1.48. The van der Waals surface area contributed by atoms with E-state index in [0.717, 1.165) is 0 Å². The third-order valence-electron chi connectivity index (χ3n) is 0.777. The Morgan fingerprint density at radius 3 is 1.83 bits per heavy atom. The Kier molecular flexibility index (Phi) is 8.16. The summed E-state index contributed by atoms with van der Waals surface area (Å²) in [5.41, 5.74) is 0. The predicted molar refractivity (Wildman–Crippen MR) is 37.9 cm³/mol. The molecular formula is C6H10O6. The van der Waals surface area contributed by atoms with E-state index in [4.69, 9.17) is 15.0 Å². The van der Waals surface area contributed by atoms with Crippen molar-refractivity contribution < 1.29 is 29.3 Å². The van der Waals surface area contributed by atoms with Gasteiger partial charge < -0.3 is 19.7 Å². The van der Waals surface area contributed by atoms with E-state index in [9.17, 15) is 9.59 Å². The second-order valence-electron chi connectivity index (χ2n) is 1.73. The van der Waals surface area contributed by atoms with Crippen LogP contribution in [0.15, 0.2) is 0 Å². The van der Waals surface area contributed by atoms with Crippen molar-refractivity contribution in [2.75, 3.05) is 7.11 Å². The first-order valence-electron chi connectivity index (χ1n) is 2.90. The zero-order chi connectivity index (χ0) is 10.1. The van der Waals surface area contributed by atoms with Gasteiger partial charge in [0.2, 0.25) is 0 Å². The Morgan fingerprint density at radius 2 is 1.75 bits per heavy atom. The van der Waals surface area contributed by atoms with Gasteiger partial charge in [0.25, 0.3) is 0 Å². The Balaban J connectivity index is 0. The first-order chi connectivity index (χ1) is 5.45. The van der Waals surface area contributed by atoms with Crippen LogP contribution in [0.4, 0.5) is 4.79 Å². The highest BCUT2D eigenvalue weighted by molar-refractivity contribution is 5.86. The minimum Gasteiger partial charge on any atom is -0.468 e. The molecule has 0 fully saturated rings. The number of hydrogen-bond acceptors (Lipinski definition) is 4. The number of esters is 1. The van der Waals surface area contributed by atoms with Crippen LogP contribution < -0.4 is 0 Å². The van der Waals surface area contributed by atoms with E-state index in [2.05, 4.69) is 4.74 Å². The molecule has 0 heterocycles. The lowest BCUT2D eigenvalue weighted by Gasteiger charge is -1.97. The van der Waals surface area contributed by atoms with Gasteiger partial charge in [-0.15, -0.1) is 0 Å². The summed E-state index contributed by atoms with van der Waals surface area (Å²) in [7, 11) is 1.25. The van der Waals surface area contributed by atoms with Gasteiger partial charge in [-0.05, 0) is 6.92 Å². The summed E-state index contributed by atoms with van der Waals surface area (Å²) in [5, 5.41) is 13.9. The van der Waals surface area contributed by atoms with E-state index in [1.54, 1.807) is 0 Å². The number of ether oxygens (including phenoxy) is 1. The van der Waals surface area contributed by atoms with E-state index in [1.165, 1.54) is 14.0 Å². The molecule has 12 heavy (non-hydrogen) atoms. The minimum atomic E-state index is -1.83. The highest BCUT2D eigenvalue weighted by Crippen LogP contribution is 1.89. The van der Waals surface area contributed by atoms with Crippen LogP contribution in [0.25, 0.3) is 0 Å². The molecule has 2 N–H and O–H groups in total. The van der Waals surface area contributed by atoms with Crippen molar-refractivity contribution in [2.24, 2.45) is 5.92 Å². The molecule has 6 heteroatoms. The van der Waals surface area contributed by atoms with Crippen molar-refractivity contribution >= 4 is 18.4 Å². The van der Waals surface area contributed by atoms with Crippen molar-refractivity contribution in [3.63, 3.8) is 0 Å². The van der Waals surface area contributed by atoms with Gasteiger partial charge in [-0.1, -0.05) is 0 Å². The quantitative estimate of drug-likeness (QED) is 0.356. The molecule has 6 nitrogen and oxygen atoms in total. The van der Waals surface area contributed by atoms with Crippen LogP contribution in [-0.2, 0) is 14.3 Å². The van der Waals surface area contributed by atoms with E-state index in [1.807, 2.05) is 0 Å². The summed E-state index contributed by atoms with van der Waals surface area (Å²) in [5.74, 6) is -1.11. The van der Waals surface area contributed by atoms with E-state index in [-0.39, 0.29) is 0 Å². The fourth-order valence-corrected chi connectivity index (χ4v) is 0.241. The SMILES string of the molecule is COC(=O)C(C)C=O.O=C(O)O. The number of methoxy groups -OCH3 is 1. The average Bonchev–Trinajstić information content (AvgIpc) is 2.00. The zero-order valence-electron chi connectivity index (χ0n) is 6.68. The van der Waals surface area contributed by atoms with Gasteiger partial charge in [-0.2, -0.15) is 0 Å². The lowest BCUT2D eigenvalue weighted by molar-refractivity contribution is -0.146. The maximum atomic E-state index is 10.3. The Hall–Kier alpha value is -1.59. The van der Waals surface area contributed by atoms with Crippen LogP contribution in [0.2, 0.25) is 0 Å². The molecule has 0 amide bonds. The molecule has 0 saturated carbocycles. The van der Waals surface area contributed by atoms with Crippen LogP contribution in [0.3, 0.4) is 0 Å². The Morgan fingerprint density at radius 1 is 1.42 bits per heavy atom. The third kappa shape index (κ3) is 11.2. The predicted octanol–water partition coefficient (Wildman–Crippen LogP) is 0.217. The van der Waals surface area contributed by atoms with Crippen LogP contribution in [-0.4, -0.2) is 35.7 Å². The first kappa shape index (κ1) is 13.0. The largest absolute Gasteiger partial charge is 0.503 e. The minimum absolute atomic E-state index is 0.486. The topological polar surface area (TPSA) is 101 Å². The summed E-state index contributed by atoms with van der Waals surface area (Å²) >= 11 is 0.